The van der Waals surface area contributed by atoms with Crippen molar-refractivity contribution in [3.05, 3.63) is 0 Å². The van der Waals surface area contributed by atoms with Crippen molar-refractivity contribution in [1.29, 1.82) is 0 Å². The lowest BCUT2D eigenvalue weighted by Gasteiger charge is -2.24. The minimum absolute atomic E-state index is 0.173. The van der Waals surface area contributed by atoms with Gasteiger partial charge in [0.2, 0.25) is 0 Å². The summed E-state index contributed by atoms with van der Waals surface area (Å²) < 4.78 is 15.9. The molecular weight excluding hydrogens is 212 g/mol. The summed E-state index contributed by atoms with van der Waals surface area (Å²) in [6.07, 6.45) is 2.74. The predicted molar refractivity (Wildman–Crippen MR) is 62.5 cm³/mol. The Bertz CT molecular complexity index is 148. The van der Waals surface area contributed by atoms with E-state index in [2.05, 4.69) is 0 Å². The first-order valence-electron chi connectivity index (χ1n) is 5.25. The first kappa shape index (κ1) is 15.0. The molecule has 1 unspecified atom stereocenters. The summed E-state index contributed by atoms with van der Waals surface area (Å²) in [6, 6.07) is 0.974. The van der Waals surface area contributed by atoms with E-state index in [0.29, 0.717) is 6.54 Å². The maximum absolute atomic E-state index is 5.85. The summed E-state index contributed by atoms with van der Waals surface area (Å²) in [5, 5.41) is 0. The van der Waals surface area contributed by atoms with Crippen LogP contribution < -0.4 is 11.5 Å². The molecule has 0 bridgehead atoms. The second-order valence-corrected chi connectivity index (χ2v) is 6.62. The molecule has 4 N–H and O–H groups in total. The van der Waals surface area contributed by atoms with Crippen LogP contribution in [0.3, 0.4) is 0 Å². The van der Waals surface area contributed by atoms with E-state index in [1.54, 1.807) is 21.3 Å². The molecule has 0 aromatic carbocycles. The van der Waals surface area contributed by atoms with Gasteiger partial charge in [-0.2, -0.15) is 0 Å². The van der Waals surface area contributed by atoms with E-state index in [-0.39, 0.29) is 6.04 Å². The Labute approximate surface area is 93.4 Å². The Kier molecular flexibility index (Phi) is 8.21. The van der Waals surface area contributed by atoms with Crippen LogP contribution in [0.5, 0.6) is 0 Å². The van der Waals surface area contributed by atoms with Gasteiger partial charge in [0.05, 0.1) is 0 Å². The zero-order chi connectivity index (χ0) is 11.7. The fraction of sp³-hybridized carbons (Fsp3) is 1.00. The average molecular weight is 236 g/mol. The summed E-state index contributed by atoms with van der Waals surface area (Å²) in [6.45, 7) is 0.641. The minimum atomic E-state index is -2.39. The van der Waals surface area contributed by atoms with Gasteiger partial charge in [-0.05, 0) is 25.8 Å². The maximum atomic E-state index is 5.85. The topological polar surface area (TPSA) is 79.7 Å². The molecule has 0 fully saturated rings. The lowest BCUT2D eigenvalue weighted by molar-refractivity contribution is 0.122. The van der Waals surface area contributed by atoms with Crippen LogP contribution in [0, 0.1) is 0 Å². The number of nitrogens with two attached hydrogens (primary N) is 2. The van der Waals surface area contributed by atoms with Crippen molar-refractivity contribution in [1.82, 2.24) is 0 Å². The normalized spacial score (nSPS) is 14.2. The zero-order valence-electron chi connectivity index (χ0n) is 9.99. The number of rotatable bonds is 9. The second kappa shape index (κ2) is 8.20. The van der Waals surface area contributed by atoms with Gasteiger partial charge in [-0.25, -0.2) is 0 Å². The van der Waals surface area contributed by atoms with Crippen LogP contribution in [0.4, 0.5) is 0 Å². The highest BCUT2D eigenvalue weighted by atomic mass is 28.4. The van der Waals surface area contributed by atoms with Crippen LogP contribution in [0.2, 0.25) is 6.04 Å². The van der Waals surface area contributed by atoms with E-state index in [0.717, 1.165) is 25.3 Å². The first-order chi connectivity index (χ1) is 7.14. The van der Waals surface area contributed by atoms with Crippen molar-refractivity contribution in [2.45, 2.75) is 31.3 Å². The Morgan fingerprint density at radius 3 is 2.00 bits per heavy atom. The Hall–Kier alpha value is 0.0169. The molecule has 0 aromatic heterocycles. The molecule has 0 aliphatic carbocycles. The molecule has 6 heteroatoms. The van der Waals surface area contributed by atoms with Crippen LogP contribution in [0.15, 0.2) is 0 Å². The van der Waals surface area contributed by atoms with Crippen LogP contribution in [0.1, 0.15) is 19.3 Å². The van der Waals surface area contributed by atoms with Crippen LogP contribution in [-0.2, 0) is 13.3 Å². The molecular formula is C9H24N2O3Si. The largest absolute Gasteiger partial charge is 0.500 e. The molecule has 0 aliphatic rings. The molecule has 92 valence electrons. The highest BCUT2D eigenvalue weighted by Crippen LogP contribution is 2.17. The second-order valence-electron chi connectivity index (χ2n) is 3.53. The standard InChI is InChI=1S/C9H24N2O3Si/c1-12-15(13-2,14-3)8-4-5-9(11)6-7-10/h9H,4-8,10-11H2,1-3H3. The third-order valence-corrected chi connectivity index (χ3v) is 5.36. The van der Waals surface area contributed by atoms with Crippen molar-refractivity contribution in [3.63, 3.8) is 0 Å². The van der Waals surface area contributed by atoms with Crippen LogP contribution in [-0.4, -0.2) is 42.7 Å². The summed E-state index contributed by atoms with van der Waals surface area (Å²) in [5.74, 6) is 0. The molecule has 0 rings (SSSR count). The summed E-state index contributed by atoms with van der Waals surface area (Å²) in [7, 11) is 2.48. The lowest BCUT2D eigenvalue weighted by atomic mass is 10.1. The molecule has 5 nitrogen and oxygen atoms in total. The van der Waals surface area contributed by atoms with Gasteiger partial charge in [-0.3, -0.25) is 0 Å². The van der Waals surface area contributed by atoms with Gasteiger partial charge >= 0.3 is 8.80 Å². The summed E-state index contributed by atoms with van der Waals surface area (Å²) in [5.41, 5.74) is 11.3. The van der Waals surface area contributed by atoms with Crippen molar-refractivity contribution in [2.75, 3.05) is 27.9 Å². The summed E-state index contributed by atoms with van der Waals surface area (Å²) >= 11 is 0. The van der Waals surface area contributed by atoms with Crippen LogP contribution >= 0.6 is 0 Å². The molecule has 0 radical (unpaired) electrons. The van der Waals surface area contributed by atoms with E-state index in [1.807, 2.05) is 0 Å². The first-order valence-corrected chi connectivity index (χ1v) is 7.18. The minimum Gasteiger partial charge on any atom is -0.377 e. The lowest BCUT2D eigenvalue weighted by Crippen LogP contribution is -2.42. The maximum Gasteiger partial charge on any atom is 0.500 e. The Balaban J connectivity index is 3.80. The Morgan fingerprint density at radius 1 is 1.07 bits per heavy atom. The third kappa shape index (κ3) is 5.60. The smallest absolute Gasteiger partial charge is 0.377 e. The molecule has 0 aliphatic heterocycles. The van der Waals surface area contributed by atoms with E-state index >= 15 is 0 Å². The van der Waals surface area contributed by atoms with Crippen molar-refractivity contribution >= 4 is 8.80 Å². The van der Waals surface area contributed by atoms with E-state index in [1.165, 1.54) is 0 Å². The van der Waals surface area contributed by atoms with E-state index < -0.39 is 8.80 Å². The van der Waals surface area contributed by atoms with E-state index in [4.69, 9.17) is 24.7 Å². The zero-order valence-corrected chi connectivity index (χ0v) is 11.0. The monoisotopic (exact) mass is 236 g/mol. The molecule has 0 heterocycles. The quantitative estimate of drug-likeness (QED) is 0.564. The summed E-state index contributed by atoms with van der Waals surface area (Å²) in [4.78, 5) is 0. The molecule has 15 heavy (non-hydrogen) atoms. The number of hydrogen-bond donors (Lipinski definition) is 2. The van der Waals surface area contributed by atoms with Gasteiger partial charge in [0.25, 0.3) is 0 Å². The highest BCUT2D eigenvalue weighted by Gasteiger charge is 2.36. The van der Waals surface area contributed by atoms with Gasteiger partial charge in [0, 0.05) is 33.4 Å². The average Bonchev–Trinajstić information content (AvgIpc) is 2.25. The molecule has 0 saturated carbocycles. The van der Waals surface area contributed by atoms with Crippen molar-refractivity contribution in [2.24, 2.45) is 11.5 Å². The van der Waals surface area contributed by atoms with Crippen molar-refractivity contribution in [3.8, 4) is 0 Å². The van der Waals surface area contributed by atoms with Gasteiger partial charge in [-0.1, -0.05) is 0 Å². The third-order valence-electron chi connectivity index (χ3n) is 2.53. The van der Waals surface area contributed by atoms with Crippen LogP contribution in [0.25, 0.3) is 0 Å². The molecule has 0 aromatic rings. The van der Waals surface area contributed by atoms with Gasteiger partial charge in [-0.15, -0.1) is 0 Å². The molecule has 0 saturated heterocycles. The molecule has 0 spiro atoms. The van der Waals surface area contributed by atoms with Gasteiger partial charge in [0.1, 0.15) is 0 Å². The van der Waals surface area contributed by atoms with Crippen molar-refractivity contribution < 1.29 is 13.3 Å². The van der Waals surface area contributed by atoms with E-state index in [9.17, 15) is 0 Å². The fourth-order valence-electron chi connectivity index (χ4n) is 1.50. The molecule has 1 atom stereocenters. The fourth-order valence-corrected chi connectivity index (χ4v) is 3.24. The van der Waals surface area contributed by atoms with Gasteiger partial charge < -0.3 is 24.7 Å². The van der Waals surface area contributed by atoms with Gasteiger partial charge in [0.15, 0.2) is 0 Å². The highest BCUT2D eigenvalue weighted by molar-refractivity contribution is 6.60. The number of hydrogen-bond acceptors (Lipinski definition) is 5. The SMILES string of the molecule is CO[Si](CCCC(N)CCN)(OC)OC. The molecule has 0 amide bonds. The predicted octanol–water partition coefficient (Wildman–Crippen LogP) is 0.321. The Morgan fingerprint density at radius 2 is 1.60 bits per heavy atom.